The van der Waals surface area contributed by atoms with Gasteiger partial charge in [-0.1, -0.05) is 17.7 Å². The number of likely N-dealkylation sites (tertiary alicyclic amines) is 1. The highest BCUT2D eigenvalue weighted by atomic mass is 19.1. The van der Waals surface area contributed by atoms with Gasteiger partial charge in [-0.05, 0) is 49.9 Å². The molecule has 0 bridgehead atoms. The molecule has 0 aliphatic carbocycles. The van der Waals surface area contributed by atoms with Crippen molar-refractivity contribution in [2.45, 2.75) is 25.9 Å². The molecule has 2 aromatic rings. The molecule has 1 aromatic carbocycles. The van der Waals surface area contributed by atoms with Crippen LogP contribution in [0.3, 0.4) is 0 Å². The Hall–Kier alpha value is -2.27. The van der Waals surface area contributed by atoms with Crippen molar-refractivity contribution in [3.8, 4) is 0 Å². The number of amides is 1. The van der Waals surface area contributed by atoms with Gasteiger partial charge in [-0.25, -0.2) is 4.39 Å². The smallest absolute Gasteiger partial charge is 0.256 e. The minimum Gasteiger partial charge on any atom is -0.387 e. The molecule has 1 aromatic heterocycles. The van der Waals surface area contributed by atoms with Crippen LogP contribution in [-0.4, -0.2) is 34.0 Å². The summed E-state index contributed by atoms with van der Waals surface area (Å²) in [6, 6.07) is 10.1. The Bertz CT molecular complexity index is 713. The normalized spacial score (nSPS) is 16.9. The molecule has 0 spiro atoms. The summed E-state index contributed by atoms with van der Waals surface area (Å²) in [5.41, 5.74) is 1.64. The molecule has 1 atom stereocenters. The van der Waals surface area contributed by atoms with E-state index < -0.39 is 11.9 Å². The second-order valence-electron chi connectivity index (χ2n) is 6.31. The first-order chi connectivity index (χ1) is 11.6. The van der Waals surface area contributed by atoms with E-state index >= 15 is 0 Å². The number of pyridine rings is 1. The first-order valence-electron chi connectivity index (χ1n) is 8.20. The number of rotatable bonds is 3. The molecule has 2 heterocycles. The van der Waals surface area contributed by atoms with Gasteiger partial charge in [-0.15, -0.1) is 0 Å². The summed E-state index contributed by atoms with van der Waals surface area (Å²) in [6.07, 6.45) is 2.39. The lowest BCUT2D eigenvalue weighted by atomic mass is 9.89. The van der Waals surface area contributed by atoms with Crippen molar-refractivity contribution in [1.29, 1.82) is 0 Å². The Morgan fingerprint density at radius 3 is 2.71 bits per heavy atom. The molecular weight excluding hydrogens is 307 g/mol. The third kappa shape index (κ3) is 3.46. The third-order valence-electron chi connectivity index (χ3n) is 4.62. The minimum absolute atomic E-state index is 0.0614. The second kappa shape index (κ2) is 7.09. The Labute approximate surface area is 141 Å². The third-order valence-corrected chi connectivity index (χ3v) is 4.62. The lowest BCUT2D eigenvalue weighted by Gasteiger charge is -2.34. The number of nitrogens with zero attached hydrogens (tertiary/aromatic N) is 2. The van der Waals surface area contributed by atoms with Crippen molar-refractivity contribution in [2.24, 2.45) is 5.92 Å². The van der Waals surface area contributed by atoms with E-state index in [-0.39, 0.29) is 17.4 Å². The Morgan fingerprint density at radius 2 is 2.04 bits per heavy atom. The van der Waals surface area contributed by atoms with Gasteiger partial charge in [0.15, 0.2) is 0 Å². The summed E-state index contributed by atoms with van der Waals surface area (Å²) in [7, 11) is 0. The Morgan fingerprint density at radius 1 is 1.29 bits per heavy atom. The van der Waals surface area contributed by atoms with Crippen molar-refractivity contribution in [3.63, 3.8) is 0 Å². The first kappa shape index (κ1) is 16.6. The van der Waals surface area contributed by atoms with Crippen molar-refractivity contribution in [2.75, 3.05) is 13.1 Å². The van der Waals surface area contributed by atoms with Gasteiger partial charge in [0.1, 0.15) is 5.82 Å². The summed E-state index contributed by atoms with van der Waals surface area (Å²) in [5.74, 6) is -0.700. The standard InChI is InChI=1S/C19H21FN2O2/c1-13-5-6-16(20)15(12-13)19(24)22-10-7-14(8-11-22)18(23)17-4-2-3-9-21-17/h2-6,9,12,14,18,23H,7-8,10-11H2,1H3/t18-/m1/s1. The van der Waals surface area contributed by atoms with Gasteiger partial charge in [0.25, 0.3) is 5.91 Å². The molecule has 0 radical (unpaired) electrons. The van der Waals surface area contributed by atoms with Gasteiger partial charge in [-0.2, -0.15) is 0 Å². The summed E-state index contributed by atoms with van der Waals surface area (Å²) in [5, 5.41) is 10.4. The van der Waals surface area contributed by atoms with E-state index in [0.717, 1.165) is 5.56 Å². The number of aromatic nitrogens is 1. The van der Waals surface area contributed by atoms with Gasteiger partial charge in [0, 0.05) is 19.3 Å². The molecule has 24 heavy (non-hydrogen) atoms. The van der Waals surface area contributed by atoms with Gasteiger partial charge in [0.05, 0.1) is 17.4 Å². The van der Waals surface area contributed by atoms with Crippen LogP contribution in [0.2, 0.25) is 0 Å². The van der Waals surface area contributed by atoms with Crippen molar-refractivity contribution < 1.29 is 14.3 Å². The maximum atomic E-state index is 13.9. The number of benzene rings is 1. The van der Waals surface area contributed by atoms with Gasteiger partial charge in [-0.3, -0.25) is 9.78 Å². The average molecular weight is 328 g/mol. The lowest BCUT2D eigenvalue weighted by molar-refractivity contribution is 0.0444. The van der Waals surface area contributed by atoms with Crippen LogP contribution >= 0.6 is 0 Å². The number of piperidine rings is 1. The highest BCUT2D eigenvalue weighted by molar-refractivity contribution is 5.94. The largest absolute Gasteiger partial charge is 0.387 e. The molecule has 1 N–H and O–H groups in total. The quantitative estimate of drug-likeness (QED) is 0.942. The van der Waals surface area contributed by atoms with Crippen LogP contribution in [0, 0.1) is 18.7 Å². The molecular formula is C19H21FN2O2. The Balaban J connectivity index is 1.64. The monoisotopic (exact) mass is 328 g/mol. The molecule has 1 aliphatic rings. The van der Waals surface area contributed by atoms with Gasteiger partial charge >= 0.3 is 0 Å². The average Bonchev–Trinajstić information content (AvgIpc) is 2.63. The molecule has 1 amide bonds. The highest BCUT2D eigenvalue weighted by Gasteiger charge is 2.30. The number of aryl methyl sites for hydroxylation is 1. The second-order valence-corrected chi connectivity index (χ2v) is 6.31. The van der Waals surface area contributed by atoms with Gasteiger partial charge < -0.3 is 10.0 Å². The van der Waals surface area contributed by atoms with E-state index in [1.165, 1.54) is 6.07 Å². The zero-order valence-corrected chi connectivity index (χ0v) is 13.7. The first-order valence-corrected chi connectivity index (χ1v) is 8.20. The number of hydrogen-bond donors (Lipinski definition) is 1. The van der Waals surface area contributed by atoms with E-state index in [1.807, 2.05) is 25.1 Å². The van der Waals surface area contributed by atoms with E-state index in [4.69, 9.17) is 0 Å². The van der Waals surface area contributed by atoms with E-state index in [0.29, 0.717) is 31.6 Å². The van der Waals surface area contributed by atoms with Crippen LogP contribution in [0.15, 0.2) is 42.6 Å². The lowest BCUT2D eigenvalue weighted by Crippen LogP contribution is -2.40. The summed E-state index contributed by atoms with van der Waals surface area (Å²) < 4.78 is 13.9. The zero-order chi connectivity index (χ0) is 17.1. The van der Waals surface area contributed by atoms with Gasteiger partial charge in [0.2, 0.25) is 0 Å². The molecule has 1 saturated heterocycles. The number of aliphatic hydroxyl groups excluding tert-OH is 1. The number of carbonyl (C=O) groups is 1. The van der Waals surface area contributed by atoms with Crippen LogP contribution in [-0.2, 0) is 0 Å². The molecule has 0 unspecified atom stereocenters. The number of hydrogen-bond acceptors (Lipinski definition) is 3. The number of halogens is 1. The zero-order valence-electron chi connectivity index (χ0n) is 13.7. The van der Waals surface area contributed by atoms with Crippen LogP contribution < -0.4 is 0 Å². The molecule has 0 saturated carbocycles. The van der Waals surface area contributed by atoms with Crippen molar-refractivity contribution >= 4 is 5.91 Å². The van der Waals surface area contributed by atoms with E-state index in [1.54, 1.807) is 23.2 Å². The van der Waals surface area contributed by atoms with Crippen LogP contribution in [0.4, 0.5) is 4.39 Å². The highest BCUT2D eigenvalue weighted by Crippen LogP contribution is 2.30. The molecule has 3 rings (SSSR count). The topological polar surface area (TPSA) is 53.4 Å². The number of aliphatic hydroxyl groups is 1. The van der Waals surface area contributed by atoms with Crippen LogP contribution in [0.5, 0.6) is 0 Å². The van der Waals surface area contributed by atoms with E-state index in [9.17, 15) is 14.3 Å². The maximum Gasteiger partial charge on any atom is 0.256 e. The summed E-state index contributed by atoms with van der Waals surface area (Å²) >= 11 is 0. The van der Waals surface area contributed by atoms with Crippen LogP contribution in [0.25, 0.3) is 0 Å². The predicted molar refractivity (Wildman–Crippen MR) is 89.0 cm³/mol. The fraction of sp³-hybridized carbons (Fsp3) is 0.368. The molecule has 5 heteroatoms. The minimum atomic E-state index is -0.626. The van der Waals surface area contributed by atoms with E-state index in [2.05, 4.69) is 4.98 Å². The Kier molecular flexibility index (Phi) is 4.90. The molecule has 1 aliphatic heterocycles. The molecule has 1 fully saturated rings. The van der Waals surface area contributed by atoms with Crippen LogP contribution in [0.1, 0.15) is 40.6 Å². The fourth-order valence-electron chi connectivity index (χ4n) is 3.18. The van der Waals surface area contributed by atoms with Crippen molar-refractivity contribution in [3.05, 3.63) is 65.2 Å². The van der Waals surface area contributed by atoms with Crippen molar-refractivity contribution in [1.82, 2.24) is 9.88 Å². The SMILES string of the molecule is Cc1ccc(F)c(C(=O)N2CCC([C@@H](O)c3ccccn3)CC2)c1. The maximum absolute atomic E-state index is 13.9. The fourth-order valence-corrected chi connectivity index (χ4v) is 3.18. The predicted octanol–water partition coefficient (Wildman–Crippen LogP) is 3.11. The molecule has 4 nitrogen and oxygen atoms in total. The molecule has 126 valence electrons. The summed E-state index contributed by atoms with van der Waals surface area (Å²) in [6.45, 7) is 2.87. The number of carbonyl (C=O) groups excluding carboxylic acids is 1. The summed E-state index contributed by atoms with van der Waals surface area (Å²) in [4.78, 5) is 18.4.